The Morgan fingerprint density at radius 2 is 2.06 bits per heavy atom. The van der Waals surface area contributed by atoms with Crippen LogP contribution in [0.25, 0.3) is 0 Å². The molecule has 0 aromatic rings. The van der Waals surface area contributed by atoms with Crippen LogP contribution in [-0.4, -0.2) is 29.9 Å². The molecule has 1 aliphatic carbocycles. The van der Waals surface area contributed by atoms with Gasteiger partial charge in [0.2, 0.25) is 5.91 Å². The van der Waals surface area contributed by atoms with Crippen molar-refractivity contribution >= 4 is 5.91 Å². The van der Waals surface area contributed by atoms with Crippen molar-refractivity contribution in [3.05, 3.63) is 0 Å². The summed E-state index contributed by atoms with van der Waals surface area (Å²) in [5.74, 6) is 1.53. The first-order valence-corrected chi connectivity index (χ1v) is 7.00. The average Bonchev–Trinajstić information content (AvgIpc) is 2.24. The van der Waals surface area contributed by atoms with Crippen molar-refractivity contribution in [1.82, 2.24) is 4.90 Å². The average molecular weight is 240 g/mol. The molecule has 0 radical (unpaired) electrons. The van der Waals surface area contributed by atoms with Gasteiger partial charge in [-0.3, -0.25) is 4.79 Å². The largest absolute Gasteiger partial charge is 0.342 e. The first-order valence-electron chi connectivity index (χ1n) is 7.00. The standard InChI is InChI=1S/C14H28N2O/c1-5-16(9-10(2)3)14(17)13-7-6-12(15)8-11(13)4/h10-13H,5-9,15H2,1-4H3. The number of hydrogen-bond donors (Lipinski definition) is 1. The maximum Gasteiger partial charge on any atom is 0.225 e. The molecule has 0 bridgehead atoms. The summed E-state index contributed by atoms with van der Waals surface area (Å²) < 4.78 is 0. The number of nitrogens with two attached hydrogens (primary N) is 1. The summed E-state index contributed by atoms with van der Waals surface area (Å²) in [7, 11) is 0. The summed E-state index contributed by atoms with van der Waals surface area (Å²) in [6.07, 6.45) is 2.96. The van der Waals surface area contributed by atoms with Crippen LogP contribution in [0, 0.1) is 17.8 Å². The van der Waals surface area contributed by atoms with Gasteiger partial charge in [0.1, 0.15) is 0 Å². The highest BCUT2D eigenvalue weighted by Crippen LogP contribution is 2.30. The van der Waals surface area contributed by atoms with Gasteiger partial charge in [-0.05, 0) is 38.0 Å². The van der Waals surface area contributed by atoms with Crippen LogP contribution >= 0.6 is 0 Å². The fraction of sp³-hybridized carbons (Fsp3) is 0.929. The lowest BCUT2D eigenvalue weighted by Crippen LogP contribution is -2.44. The van der Waals surface area contributed by atoms with Gasteiger partial charge in [0, 0.05) is 25.0 Å². The Bertz CT molecular complexity index is 253. The van der Waals surface area contributed by atoms with Gasteiger partial charge in [-0.25, -0.2) is 0 Å². The fourth-order valence-electron chi connectivity index (χ4n) is 2.85. The van der Waals surface area contributed by atoms with Crippen molar-refractivity contribution in [3.63, 3.8) is 0 Å². The first-order chi connectivity index (χ1) is 7.95. The quantitative estimate of drug-likeness (QED) is 0.819. The van der Waals surface area contributed by atoms with Crippen molar-refractivity contribution in [2.75, 3.05) is 13.1 Å². The molecular formula is C14H28N2O. The van der Waals surface area contributed by atoms with Crippen LogP contribution in [0.5, 0.6) is 0 Å². The molecule has 0 heterocycles. The minimum Gasteiger partial charge on any atom is -0.342 e. The van der Waals surface area contributed by atoms with Crippen molar-refractivity contribution in [2.45, 2.75) is 53.0 Å². The maximum absolute atomic E-state index is 12.5. The molecule has 3 nitrogen and oxygen atoms in total. The summed E-state index contributed by atoms with van der Waals surface area (Å²) in [5, 5.41) is 0. The summed E-state index contributed by atoms with van der Waals surface area (Å²) in [4.78, 5) is 14.5. The van der Waals surface area contributed by atoms with E-state index in [4.69, 9.17) is 5.73 Å². The second-order valence-corrected chi connectivity index (χ2v) is 5.93. The van der Waals surface area contributed by atoms with Gasteiger partial charge in [-0.1, -0.05) is 20.8 Å². The van der Waals surface area contributed by atoms with E-state index in [9.17, 15) is 4.79 Å². The number of rotatable bonds is 4. The summed E-state index contributed by atoms with van der Waals surface area (Å²) in [6.45, 7) is 10.3. The SMILES string of the molecule is CCN(CC(C)C)C(=O)C1CCC(N)CC1C. The van der Waals surface area contributed by atoms with E-state index < -0.39 is 0 Å². The molecule has 17 heavy (non-hydrogen) atoms. The predicted octanol–water partition coefficient (Wildman–Crippen LogP) is 2.25. The molecular weight excluding hydrogens is 212 g/mol. The number of hydrogen-bond acceptors (Lipinski definition) is 2. The third kappa shape index (κ3) is 3.98. The third-order valence-corrected chi connectivity index (χ3v) is 3.81. The number of carbonyl (C=O) groups is 1. The van der Waals surface area contributed by atoms with Crippen LogP contribution in [0.15, 0.2) is 0 Å². The summed E-state index contributed by atoms with van der Waals surface area (Å²) >= 11 is 0. The predicted molar refractivity (Wildman–Crippen MR) is 71.6 cm³/mol. The van der Waals surface area contributed by atoms with E-state index in [2.05, 4.69) is 27.7 Å². The van der Waals surface area contributed by atoms with E-state index in [1.807, 2.05) is 4.90 Å². The second kappa shape index (κ2) is 6.39. The number of amides is 1. The van der Waals surface area contributed by atoms with Crippen molar-refractivity contribution in [3.8, 4) is 0 Å². The molecule has 1 amide bonds. The van der Waals surface area contributed by atoms with Crippen LogP contribution in [0.1, 0.15) is 47.0 Å². The highest BCUT2D eigenvalue weighted by molar-refractivity contribution is 5.79. The molecule has 3 heteroatoms. The smallest absolute Gasteiger partial charge is 0.225 e. The Morgan fingerprint density at radius 1 is 1.41 bits per heavy atom. The van der Waals surface area contributed by atoms with Crippen molar-refractivity contribution in [2.24, 2.45) is 23.5 Å². The van der Waals surface area contributed by atoms with Crippen molar-refractivity contribution in [1.29, 1.82) is 0 Å². The van der Waals surface area contributed by atoms with Gasteiger partial charge in [-0.15, -0.1) is 0 Å². The molecule has 1 fully saturated rings. The van der Waals surface area contributed by atoms with Crippen LogP contribution in [-0.2, 0) is 4.79 Å². The van der Waals surface area contributed by atoms with Crippen LogP contribution in [0.3, 0.4) is 0 Å². The normalized spacial score (nSPS) is 29.4. The Morgan fingerprint density at radius 3 is 2.53 bits per heavy atom. The summed E-state index contributed by atoms with van der Waals surface area (Å²) in [5.41, 5.74) is 5.95. The Labute approximate surface area is 106 Å². The topological polar surface area (TPSA) is 46.3 Å². The molecule has 3 unspecified atom stereocenters. The van der Waals surface area contributed by atoms with Gasteiger partial charge >= 0.3 is 0 Å². The lowest BCUT2D eigenvalue weighted by atomic mass is 9.77. The zero-order valence-corrected chi connectivity index (χ0v) is 11.8. The van der Waals surface area contributed by atoms with Crippen LogP contribution in [0.4, 0.5) is 0 Å². The Balaban J connectivity index is 2.60. The monoisotopic (exact) mass is 240 g/mol. The van der Waals surface area contributed by atoms with E-state index in [1.54, 1.807) is 0 Å². The van der Waals surface area contributed by atoms with Crippen molar-refractivity contribution < 1.29 is 4.79 Å². The van der Waals surface area contributed by atoms with Gasteiger partial charge in [0.25, 0.3) is 0 Å². The van der Waals surface area contributed by atoms with E-state index in [0.717, 1.165) is 32.4 Å². The zero-order valence-electron chi connectivity index (χ0n) is 11.8. The molecule has 0 aromatic carbocycles. The molecule has 0 aromatic heterocycles. The molecule has 0 aliphatic heterocycles. The van der Waals surface area contributed by atoms with Gasteiger partial charge in [0.15, 0.2) is 0 Å². The van der Waals surface area contributed by atoms with Gasteiger partial charge in [-0.2, -0.15) is 0 Å². The lowest BCUT2D eigenvalue weighted by Gasteiger charge is -2.35. The van der Waals surface area contributed by atoms with E-state index in [0.29, 0.717) is 23.8 Å². The maximum atomic E-state index is 12.5. The lowest BCUT2D eigenvalue weighted by molar-refractivity contribution is -0.138. The zero-order chi connectivity index (χ0) is 13.0. The molecule has 100 valence electrons. The fourth-order valence-corrected chi connectivity index (χ4v) is 2.85. The number of carbonyl (C=O) groups excluding carboxylic acids is 1. The molecule has 2 N–H and O–H groups in total. The second-order valence-electron chi connectivity index (χ2n) is 5.93. The third-order valence-electron chi connectivity index (χ3n) is 3.81. The summed E-state index contributed by atoms with van der Waals surface area (Å²) in [6, 6.07) is 0.300. The number of nitrogens with zero attached hydrogens (tertiary/aromatic N) is 1. The van der Waals surface area contributed by atoms with E-state index >= 15 is 0 Å². The molecule has 0 spiro atoms. The molecule has 0 saturated heterocycles. The molecule has 3 atom stereocenters. The molecule has 1 aliphatic rings. The van der Waals surface area contributed by atoms with Crippen LogP contribution in [0.2, 0.25) is 0 Å². The molecule has 1 saturated carbocycles. The first kappa shape index (κ1) is 14.5. The molecule has 1 rings (SSSR count). The highest BCUT2D eigenvalue weighted by atomic mass is 16.2. The van der Waals surface area contributed by atoms with E-state index in [-0.39, 0.29) is 5.92 Å². The Kier molecular flexibility index (Phi) is 5.44. The Hall–Kier alpha value is -0.570. The van der Waals surface area contributed by atoms with Gasteiger partial charge in [0.05, 0.1) is 0 Å². The minimum absolute atomic E-state index is 0.202. The van der Waals surface area contributed by atoms with Gasteiger partial charge < -0.3 is 10.6 Å². The van der Waals surface area contributed by atoms with E-state index in [1.165, 1.54) is 0 Å². The van der Waals surface area contributed by atoms with Crippen LogP contribution < -0.4 is 5.73 Å². The highest BCUT2D eigenvalue weighted by Gasteiger charge is 2.33. The minimum atomic E-state index is 0.202.